The Bertz CT molecular complexity index is 1320. The third-order valence-electron chi connectivity index (χ3n) is 5.36. The predicted octanol–water partition coefficient (Wildman–Crippen LogP) is 6.69. The van der Waals surface area contributed by atoms with Gasteiger partial charge in [-0.05, 0) is 63.9 Å². The van der Waals surface area contributed by atoms with Gasteiger partial charge in [0.05, 0.1) is 0 Å². The third kappa shape index (κ3) is 4.90. The minimum atomic E-state index is -3.91. The molecule has 1 heterocycles. The van der Waals surface area contributed by atoms with E-state index < -0.39 is 18.9 Å². The van der Waals surface area contributed by atoms with Crippen LogP contribution < -0.4 is 5.32 Å². The summed E-state index contributed by atoms with van der Waals surface area (Å²) >= 11 is 7.62. The van der Waals surface area contributed by atoms with Crippen molar-refractivity contribution in [3.8, 4) is 0 Å². The lowest BCUT2D eigenvalue weighted by atomic mass is 10.1. The highest BCUT2D eigenvalue weighted by Crippen LogP contribution is 2.58. The molecule has 0 spiro atoms. The van der Waals surface area contributed by atoms with Crippen LogP contribution in [0.1, 0.15) is 17.6 Å². The van der Waals surface area contributed by atoms with Gasteiger partial charge in [0.25, 0.3) is 0 Å². The lowest BCUT2D eigenvalue weighted by Gasteiger charge is -2.23. The first-order valence-electron chi connectivity index (χ1n) is 10.2. The van der Waals surface area contributed by atoms with Crippen molar-refractivity contribution in [3.05, 3.63) is 76.6 Å². The average molecular weight is 488 g/mol. The first-order chi connectivity index (χ1) is 15.4. The fourth-order valence-corrected chi connectivity index (χ4v) is 6.98. The van der Waals surface area contributed by atoms with Gasteiger partial charge in [-0.15, -0.1) is 11.3 Å². The van der Waals surface area contributed by atoms with Crippen LogP contribution in [0.2, 0.25) is 5.02 Å². The molecule has 2 N–H and O–H groups in total. The van der Waals surface area contributed by atoms with E-state index in [1.54, 1.807) is 30.7 Å². The maximum absolute atomic E-state index is 13.5. The molecular formula is C24H23ClNO4PS. The van der Waals surface area contributed by atoms with Crippen molar-refractivity contribution in [2.45, 2.75) is 12.1 Å². The number of rotatable bonds is 8. The van der Waals surface area contributed by atoms with Crippen LogP contribution in [-0.4, -0.2) is 30.7 Å². The van der Waals surface area contributed by atoms with Gasteiger partial charge in [-0.25, -0.2) is 0 Å². The molecule has 0 aliphatic carbocycles. The van der Waals surface area contributed by atoms with Gasteiger partial charge < -0.3 is 14.9 Å². The SMILES string of the molecule is COCCCP(=O)(O)C(C(=O)Nc1ccc2ccccc2c1)c1csc2ccc(Cl)cc12. The van der Waals surface area contributed by atoms with Crippen molar-refractivity contribution >= 4 is 62.8 Å². The van der Waals surface area contributed by atoms with Crippen molar-refractivity contribution in [2.24, 2.45) is 0 Å². The van der Waals surface area contributed by atoms with Crippen LogP contribution in [0.4, 0.5) is 5.69 Å². The summed E-state index contributed by atoms with van der Waals surface area (Å²) in [6, 6.07) is 18.8. The minimum absolute atomic E-state index is 0.0193. The molecule has 0 bridgehead atoms. The molecule has 166 valence electrons. The lowest BCUT2D eigenvalue weighted by Crippen LogP contribution is -2.22. The first kappa shape index (κ1) is 23.0. The summed E-state index contributed by atoms with van der Waals surface area (Å²) < 4.78 is 19.4. The molecule has 5 nitrogen and oxygen atoms in total. The van der Waals surface area contributed by atoms with Gasteiger partial charge in [0.2, 0.25) is 13.3 Å². The van der Waals surface area contributed by atoms with Crippen LogP contribution in [-0.2, 0) is 14.1 Å². The summed E-state index contributed by atoms with van der Waals surface area (Å²) in [6.07, 6.45) is 0.363. The molecule has 0 aliphatic rings. The third-order valence-corrected chi connectivity index (χ3v) is 8.85. The van der Waals surface area contributed by atoms with E-state index in [2.05, 4.69) is 5.32 Å². The molecule has 1 aromatic heterocycles. The van der Waals surface area contributed by atoms with Gasteiger partial charge in [-0.1, -0.05) is 41.9 Å². The first-order valence-corrected chi connectivity index (χ1v) is 13.3. The van der Waals surface area contributed by atoms with E-state index in [9.17, 15) is 14.3 Å². The number of halogens is 1. The van der Waals surface area contributed by atoms with Crippen LogP contribution in [0.5, 0.6) is 0 Å². The van der Waals surface area contributed by atoms with Crippen molar-refractivity contribution in [1.82, 2.24) is 0 Å². The summed E-state index contributed by atoms with van der Waals surface area (Å²) in [5.74, 6) is -0.511. The van der Waals surface area contributed by atoms with Crippen molar-refractivity contribution < 1.29 is 19.0 Å². The van der Waals surface area contributed by atoms with E-state index in [4.69, 9.17) is 16.3 Å². The molecule has 4 rings (SSSR count). The highest BCUT2D eigenvalue weighted by atomic mass is 35.5. The average Bonchev–Trinajstić information content (AvgIpc) is 3.16. The number of carbonyl (C=O) groups is 1. The van der Waals surface area contributed by atoms with E-state index >= 15 is 0 Å². The molecule has 4 aromatic rings. The lowest BCUT2D eigenvalue weighted by molar-refractivity contribution is -0.116. The zero-order valence-corrected chi connectivity index (χ0v) is 19.9. The monoisotopic (exact) mass is 487 g/mol. The molecule has 0 saturated carbocycles. The Morgan fingerprint density at radius 2 is 1.94 bits per heavy atom. The normalized spacial score (nSPS) is 14.3. The Morgan fingerprint density at radius 3 is 2.72 bits per heavy atom. The Hall–Kier alpha value is -2.21. The Kier molecular flexibility index (Phi) is 6.99. The summed E-state index contributed by atoms with van der Waals surface area (Å²) in [5, 5.41) is 7.91. The van der Waals surface area contributed by atoms with Gasteiger partial charge in [0.1, 0.15) is 5.66 Å². The number of carbonyl (C=O) groups excluding carboxylic acids is 1. The molecule has 0 radical (unpaired) electrons. The largest absolute Gasteiger partial charge is 0.385 e. The number of methoxy groups -OCH3 is 1. The Morgan fingerprint density at radius 1 is 1.16 bits per heavy atom. The molecule has 8 heteroatoms. The number of nitrogens with one attached hydrogen (secondary N) is 1. The standard InChI is InChI=1S/C24H23ClNO4PS/c1-30-11-4-12-31(28,29)23(21-15-32-22-10-8-18(25)14-20(21)22)24(27)26-19-9-7-16-5-2-3-6-17(16)13-19/h2-3,5-10,13-15,23H,4,11-12H2,1H3,(H,26,27)(H,28,29). The van der Waals surface area contributed by atoms with Gasteiger partial charge in [-0.2, -0.15) is 0 Å². The van der Waals surface area contributed by atoms with Crippen molar-refractivity contribution in [1.29, 1.82) is 0 Å². The molecule has 2 unspecified atom stereocenters. The van der Waals surface area contributed by atoms with E-state index in [1.165, 1.54) is 11.3 Å². The predicted molar refractivity (Wildman–Crippen MR) is 133 cm³/mol. The fourth-order valence-electron chi connectivity index (χ4n) is 3.82. The number of benzene rings is 3. The molecule has 0 aliphatic heterocycles. The zero-order chi connectivity index (χ0) is 22.7. The Balaban J connectivity index is 1.72. The highest BCUT2D eigenvalue weighted by molar-refractivity contribution is 7.59. The van der Waals surface area contributed by atoms with E-state index in [1.807, 2.05) is 42.5 Å². The topological polar surface area (TPSA) is 75.6 Å². The number of ether oxygens (including phenoxy) is 1. The smallest absolute Gasteiger partial charge is 0.241 e. The highest BCUT2D eigenvalue weighted by Gasteiger charge is 2.39. The fraction of sp³-hybridized carbons (Fsp3) is 0.208. The quantitative estimate of drug-likeness (QED) is 0.214. The molecule has 32 heavy (non-hydrogen) atoms. The summed E-state index contributed by atoms with van der Waals surface area (Å²) in [4.78, 5) is 24.5. The molecular weight excluding hydrogens is 465 g/mol. The van der Waals surface area contributed by atoms with Crippen LogP contribution in [0, 0.1) is 0 Å². The summed E-state index contributed by atoms with van der Waals surface area (Å²) in [7, 11) is -2.37. The molecule has 1 amide bonds. The maximum atomic E-state index is 13.5. The molecule has 0 fully saturated rings. The maximum Gasteiger partial charge on any atom is 0.241 e. The molecule has 3 aromatic carbocycles. The van der Waals surface area contributed by atoms with Gasteiger partial charge in [0, 0.05) is 35.3 Å². The van der Waals surface area contributed by atoms with E-state index in [0.29, 0.717) is 29.3 Å². The van der Waals surface area contributed by atoms with E-state index in [0.717, 1.165) is 20.9 Å². The second kappa shape index (κ2) is 9.74. The molecule has 2 atom stereocenters. The van der Waals surface area contributed by atoms with Crippen LogP contribution >= 0.6 is 30.3 Å². The van der Waals surface area contributed by atoms with Gasteiger partial charge >= 0.3 is 0 Å². The number of hydrogen-bond acceptors (Lipinski definition) is 4. The molecule has 0 saturated heterocycles. The van der Waals surface area contributed by atoms with Crippen LogP contribution in [0.3, 0.4) is 0 Å². The second-order valence-corrected chi connectivity index (χ2v) is 11.4. The van der Waals surface area contributed by atoms with Crippen LogP contribution in [0.15, 0.2) is 66.0 Å². The number of thiophene rings is 1. The van der Waals surface area contributed by atoms with Gasteiger partial charge in [0.15, 0.2) is 0 Å². The van der Waals surface area contributed by atoms with Gasteiger partial charge in [-0.3, -0.25) is 9.36 Å². The number of fused-ring (bicyclic) bond motifs is 2. The summed E-state index contributed by atoms with van der Waals surface area (Å²) in [6.45, 7) is 0.347. The Labute approximate surface area is 195 Å². The van der Waals surface area contributed by atoms with Crippen molar-refractivity contribution in [2.75, 3.05) is 25.2 Å². The zero-order valence-electron chi connectivity index (χ0n) is 17.5. The number of hydrogen-bond donors (Lipinski definition) is 2. The second-order valence-electron chi connectivity index (χ2n) is 7.61. The number of amides is 1. The summed E-state index contributed by atoms with van der Waals surface area (Å²) in [5.41, 5.74) is -0.111. The number of anilines is 1. The minimum Gasteiger partial charge on any atom is -0.385 e. The van der Waals surface area contributed by atoms with Crippen molar-refractivity contribution in [3.63, 3.8) is 0 Å². The van der Waals surface area contributed by atoms with Crippen LogP contribution in [0.25, 0.3) is 20.9 Å². The van der Waals surface area contributed by atoms with E-state index in [-0.39, 0.29) is 6.16 Å².